The van der Waals surface area contributed by atoms with Gasteiger partial charge in [-0.2, -0.15) is 0 Å². The van der Waals surface area contributed by atoms with Crippen LogP contribution in [0.1, 0.15) is 27.6 Å². The predicted molar refractivity (Wildman–Crippen MR) is 54.6 cm³/mol. The standard InChI is InChI=1S/C9H7IO2/c1-6(12)7-3-2-4-9(10)8(7)5-11/h2-5H,1H3. The van der Waals surface area contributed by atoms with Crippen LogP contribution in [0.25, 0.3) is 0 Å². The van der Waals surface area contributed by atoms with Gasteiger partial charge in [0.1, 0.15) is 0 Å². The van der Waals surface area contributed by atoms with Crippen LogP contribution in [0.15, 0.2) is 18.2 Å². The molecule has 3 heteroatoms. The summed E-state index contributed by atoms with van der Waals surface area (Å²) in [4.78, 5) is 21.6. The fourth-order valence-corrected chi connectivity index (χ4v) is 1.59. The number of carbonyl (C=O) groups excluding carboxylic acids is 2. The van der Waals surface area contributed by atoms with Gasteiger partial charge >= 0.3 is 0 Å². The highest BCUT2D eigenvalue weighted by Gasteiger charge is 2.08. The van der Waals surface area contributed by atoms with E-state index in [1.165, 1.54) is 6.92 Å². The Balaban J connectivity index is 3.37. The van der Waals surface area contributed by atoms with E-state index in [0.29, 0.717) is 11.1 Å². The van der Waals surface area contributed by atoms with Crippen LogP contribution >= 0.6 is 22.6 Å². The SMILES string of the molecule is CC(=O)c1cccc(I)c1C=O. The van der Waals surface area contributed by atoms with Crippen LogP contribution in [0, 0.1) is 3.57 Å². The highest BCUT2D eigenvalue weighted by Crippen LogP contribution is 2.15. The zero-order valence-electron chi connectivity index (χ0n) is 6.50. The smallest absolute Gasteiger partial charge is 0.160 e. The third-order valence-corrected chi connectivity index (χ3v) is 2.49. The number of aldehydes is 1. The molecule has 0 atom stereocenters. The van der Waals surface area contributed by atoms with E-state index in [0.717, 1.165) is 9.86 Å². The minimum atomic E-state index is -0.0735. The van der Waals surface area contributed by atoms with Crippen LogP contribution in [0.2, 0.25) is 0 Å². The van der Waals surface area contributed by atoms with Gasteiger partial charge in [-0.15, -0.1) is 0 Å². The normalized spacial score (nSPS) is 9.50. The summed E-state index contributed by atoms with van der Waals surface area (Å²) < 4.78 is 0.815. The van der Waals surface area contributed by atoms with E-state index < -0.39 is 0 Å². The second-order valence-corrected chi connectivity index (χ2v) is 3.54. The highest BCUT2D eigenvalue weighted by atomic mass is 127. The van der Waals surface area contributed by atoms with Crippen molar-refractivity contribution in [1.82, 2.24) is 0 Å². The van der Waals surface area contributed by atoms with Gasteiger partial charge in [0, 0.05) is 14.7 Å². The summed E-state index contributed by atoms with van der Waals surface area (Å²) in [6, 6.07) is 5.23. The van der Waals surface area contributed by atoms with Crippen molar-refractivity contribution in [2.75, 3.05) is 0 Å². The molecule has 0 spiro atoms. The van der Waals surface area contributed by atoms with E-state index >= 15 is 0 Å². The fourth-order valence-electron chi connectivity index (χ4n) is 0.964. The lowest BCUT2D eigenvalue weighted by Crippen LogP contribution is -2.00. The molecule has 0 amide bonds. The molecule has 0 aliphatic heterocycles. The molecule has 1 aromatic carbocycles. The van der Waals surface area contributed by atoms with Gasteiger partial charge in [-0.3, -0.25) is 9.59 Å². The summed E-state index contributed by atoms with van der Waals surface area (Å²) >= 11 is 2.04. The molecule has 0 aliphatic rings. The first kappa shape index (κ1) is 9.38. The molecule has 0 aromatic heterocycles. The zero-order chi connectivity index (χ0) is 9.14. The lowest BCUT2D eigenvalue weighted by Gasteiger charge is -2.01. The number of hydrogen-bond donors (Lipinski definition) is 0. The van der Waals surface area contributed by atoms with Crippen molar-refractivity contribution in [3.05, 3.63) is 32.9 Å². The maximum atomic E-state index is 11.0. The second kappa shape index (κ2) is 3.80. The van der Waals surface area contributed by atoms with Crippen LogP contribution in [0.3, 0.4) is 0 Å². The van der Waals surface area contributed by atoms with Crippen molar-refractivity contribution >= 4 is 34.7 Å². The van der Waals surface area contributed by atoms with E-state index in [1.54, 1.807) is 18.2 Å². The molecule has 0 N–H and O–H groups in total. The average Bonchev–Trinajstić information content (AvgIpc) is 2.03. The van der Waals surface area contributed by atoms with Gasteiger partial charge in [0.25, 0.3) is 0 Å². The summed E-state index contributed by atoms with van der Waals surface area (Å²) in [5.74, 6) is -0.0735. The lowest BCUT2D eigenvalue weighted by molar-refractivity contribution is 0.100. The lowest BCUT2D eigenvalue weighted by atomic mass is 10.1. The quantitative estimate of drug-likeness (QED) is 0.471. The number of ketones is 1. The van der Waals surface area contributed by atoms with E-state index in [-0.39, 0.29) is 5.78 Å². The van der Waals surface area contributed by atoms with Crippen LogP contribution < -0.4 is 0 Å². The van der Waals surface area contributed by atoms with Crippen LogP contribution in [0.4, 0.5) is 0 Å². The summed E-state index contributed by atoms with van der Waals surface area (Å²) in [5.41, 5.74) is 0.988. The summed E-state index contributed by atoms with van der Waals surface area (Å²) in [5, 5.41) is 0. The molecular formula is C9H7IO2. The maximum Gasteiger partial charge on any atom is 0.160 e. The molecule has 0 radical (unpaired) electrons. The Labute approximate surface area is 84.1 Å². The summed E-state index contributed by atoms with van der Waals surface area (Å²) in [6.07, 6.45) is 0.721. The summed E-state index contributed by atoms with van der Waals surface area (Å²) in [6.45, 7) is 1.46. The van der Waals surface area contributed by atoms with E-state index in [1.807, 2.05) is 22.6 Å². The van der Waals surface area contributed by atoms with Crippen molar-refractivity contribution in [2.45, 2.75) is 6.92 Å². The van der Waals surface area contributed by atoms with E-state index in [4.69, 9.17) is 0 Å². The molecule has 0 fully saturated rings. The number of rotatable bonds is 2. The molecular weight excluding hydrogens is 267 g/mol. The van der Waals surface area contributed by atoms with Crippen LogP contribution in [-0.2, 0) is 0 Å². The van der Waals surface area contributed by atoms with Gasteiger partial charge in [-0.25, -0.2) is 0 Å². The maximum absolute atomic E-state index is 11.0. The number of benzene rings is 1. The Morgan fingerprint density at radius 1 is 1.50 bits per heavy atom. The molecule has 12 heavy (non-hydrogen) atoms. The summed E-state index contributed by atoms with van der Waals surface area (Å²) in [7, 11) is 0. The predicted octanol–water partition coefficient (Wildman–Crippen LogP) is 2.31. The Kier molecular flexibility index (Phi) is 2.97. The topological polar surface area (TPSA) is 34.1 Å². The molecule has 1 aromatic rings. The van der Waals surface area contributed by atoms with Crippen LogP contribution in [0.5, 0.6) is 0 Å². The van der Waals surface area contributed by atoms with Crippen molar-refractivity contribution in [1.29, 1.82) is 0 Å². The number of halogens is 1. The zero-order valence-corrected chi connectivity index (χ0v) is 8.66. The fraction of sp³-hybridized carbons (Fsp3) is 0.111. The number of hydrogen-bond acceptors (Lipinski definition) is 2. The van der Waals surface area contributed by atoms with Gasteiger partial charge in [-0.1, -0.05) is 12.1 Å². The van der Waals surface area contributed by atoms with Crippen LogP contribution in [-0.4, -0.2) is 12.1 Å². The van der Waals surface area contributed by atoms with Gasteiger partial charge in [-0.05, 0) is 35.6 Å². The Morgan fingerprint density at radius 2 is 2.17 bits per heavy atom. The van der Waals surface area contributed by atoms with Crippen molar-refractivity contribution in [3.8, 4) is 0 Å². The van der Waals surface area contributed by atoms with E-state index in [9.17, 15) is 9.59 Å². The molecule has 0 aliphatic carbocycles. The third-order valence-electron chi connectivity index (χ3n) is 1.55. The first-order valence-electron chi connectivity index (χ1n) is 3.41. The van der Waals surface area contributed by atoms with Gasteiger partial charge in [0.2, 0.25) is 0 Å². The monoisotopic (exact) mass is 274 g/mol. The third kappa shape index (κ3) is 1.72. The average molecular weight is 274 g/mol. The Hall–Kier alpha value is -0.710. The van der Waals surface area contributed by atoms with Crippen molar-refractivity contribution in [2.24, 2.45) is 0 Å². The van der Waals surface area contributed by atoms with Gasteiger partial charge < -0.3 is 0 Å². The second-order valence-electron chi connectivity index (χ2n) is 2.38. The van der Waals surface area contributed by atoms with E-state index in [2.05, 4.69) is 0 Å². The molecule has 0 heterocycles. The first-order chi connectivity index (χ1) is 5.66. The molecule has 62 valence electrons. The Morgan fingerprint density at radius 3 is 2.58 bits per heavy atom. The number of carbonyl (C=O) groups is 2. The molecule has 0 saturated heterocycles. The largest absolute Gasteiger partial charge is 0.298 e. The minimum Gasteiger partial charge on any atom is -0.298 e. The highest BCUT2D eigenvalue weighted by molar-refractivity contribution is 14.1. The molecule has 0 unspecified atom stereocenters. The Bertz CT molecular complexity index is 331. The number of Topliss-reactive ketones (excluding diaryl/α,β-unsaturated/α-hetero) is 1. The van der Waals surface area contributed by atoms with Crippen molar-refractivity contribution in [3.63, 3.8) is 0 Å². The van der Waals surface area contributed by atoms with Gasteiger partial charge in [0.15, 0.2) is 12.1 Å². The van der Waals surface area contributed by atoms with Crippen molar-refractivity contribution < 1.29 is 9.59 Å². The molecule has 2 nitrogen and oxygen atoms in total. The molecule has 1 rings (SSSR count). The molecule has 0 bridgehead atoms. The minimum absolute atomic E-state index is 0.0735. The van der Waals surface area contributed by atoms with Gasteiger partial charge in [0.05, 0.1) is 0 Å². The first-order valence-corrected chi connectivity index (χ1v) is 4.49. The molecule has 0 saturated carbocycles.